The highest BCUT2D eigenvalue weighted by Crippen LogP contribution is 2.22. The molecule has 0 heterocycles. The van der Waals surface area contributed by atoms with Gasteiger partial charge >= 0.3 is 16.4 Å². The lowest BCUT2D eigenvalue weighted by Gasteiger charge is -2.12. The van der Waals surface area contributed by atoms with Gasteiger partial charge in [-0.1, -0.05) is 0 Å². The maximum atomic E-state index is 10.9. The van der Waals surface area contributed by atoms with Gasteiger partial charge in [0.2, 0.25) is 0 Å². The minimum atomic E-state index is -2.67. The molecule has 0 spiro atoms. The molecule has 0 N–H and O–H groups in total. The van der Waals surface area contributed by atoms with E-state index >= 15 is 0 Å². The van der Waals surface area contributed by atoms with Crippen LogP contribution in [0.4, 0.5) is 0 Å². The van der Waals surface area contributed by atoms with Crippen molar-refractivity contribution in [3.8, 4) is 0 Å². The van der Waals surface area contributed by atoms with Gasteiger partial charge in [-0.3, -0.25) is 10.1 Å². The van der Waals surface area contributed by atoms with Crippen molar-refractivity contribution in [2.75, 3.05) is 14.2 Å². The van der Waals surface area contributed by atoms with Crippen LogP contribution in [0, 0.1) is 10.1 Å². The van der Waals surface area contributed by atoms with Crippen molar-refractivity contribution in [1.82, 2.24) is 0 Å². The Bertz CT molecular complexity index is 235. The van der Waals surface area contributed by atoms with Gasteiger partial charge in [-0.2, -0.15) is 0 Å². The Labute approximate surface area is 81.3 Å². The molecule has 0 unspecified atom stereocenters. The van der Waals surface area contributed by atoms with E-state index in [2.05, 4.69) is 25.4 Å². The fourth-order valence-electron chi connectivity index (χ4n) is 0.503. The second-order valence-electron chi connectivity index (χ2n) is 1.86. The average molecular weight is 256 g/mol. The lowest BCUT2D eigenvalue weighted by atomic mass is 10.3. The molecule has 0 aliphatic rings. The molecule has 0 saturated heterocycles. The van der Waals surface area contributed by atoms with E-state index in [0.717, 1.165) is 14.2 Å². The largest absolute Gasteiger partial charge is 0.463 e. The topological polar surface area (TPSA) is 95.7 Å². The van der Waals surface area contributed by atoms with Crippen molar-refractivity contribution in [3.05, 3.63) is 10.1 Å². The summed E-state index contributed by atoms with van der Waals surface area (Å²) in [4.78, 5) is 31.0. The Kier molecular flexibility index (Phi) is 3.79. The molecule has 0 bridgehead atoms. The zero-order valence-electron chi connectivity index (χ0n) is 6.77. The third kappa shape index (κ3) is 1.94. The Morgan fingerprint density at radius 2 is 1.62 bits per heavy atom. The minimum Gasteiger partial charge on any atom is -0.463 e. The van der Waals surface area contributed by atoms with Gasteiger partial charge in [-0.15, -0.1) is 0 Å². The number of rotatable bonds is 3. The maximum absolute atomic E-state index is 10.9. The normalized spacial score (nSPS) is 10.4. The van der Waals surface area contributed by atoms with Gasteiger partial charge < -0.3 is 9.47 Å². The maximum Gasteiger partial charge on any atom is 0.462 e. The third-order valence-electron chi connectivity index (χ3n) is 1.16. The van der Waals surface area contributed by atoms with Gasteiger partial charge in [0, 0.05) is 15.9 Å². The molecule has 7 nitrogen and oxygen atoms in total. The van der Waals surface area contributed by atoms with E-state index in [-0.39, 0.29) is 0 Å². The van der Waals surface area contributed by atoms with Crippen LogP contribution >= 0.6 is 15.9 Å². The summed E-state index contributed by atoms with van der Waals surface area (Å²) in [6, 6.07) is 0. The average Bonchev–Trinajstić information content (AvgIpc) is 2.13. The molecular formula is C5H6BrNO6. The van der Waals surface area contributed by atoms with Crippen molar-refractivity contribution in [2.45, 2.75) is 4.45 Å². The summed E-state index contributed by atoms with van der Waals surface area (Å²) < 4.78 is 5.47. The number of halogens is 1. The molecule has 0 radical (unpaired) electrons. The van der Waals surface area contributed by atoms with Gasteiger partial charge in [0.1, 0.15) is 0 Å². The molecule has 8 heteroatoms. The number of alkyl halides is 1. The first-order valence-corrected chi connectivity index (χ1v) is 3.70. The fraction of sp³-hybridized carbons (Fsp3) is 0.600. The number of nitrogens with zero attached hydrogens (tertiary/aromatic N) is 1. The van der Waals surface area contributed by atoms with E-state index in [1.54, 1.807) is 0 Å². The summed E-state index contributed by atoms with van der Waals surface area (Å²) >= 11 is 2.35. The summed E-state index contributed by atoms with van der Waals surface area (Å²) in [5.41, 5.74) is 0. The Balaban J connectivity index is 5.06. The van der Waals surface area contributed by atoms with Crippen LogP contribution in [0.2, 0.25) is 0 Å². The van der Waals surface area contributed by atoms with Crippen LogP contribution in [0.15, 0.2) is 0 Å². The second kappa shape index (κ2) is 4.17. The SMILES string of the molecule is COC(=O)C(Br)(C(=O)OC)[N+](=O)[O-]. The minimum absolute atomic E-state index is 0.921. The molecule has 74 valence electrons. The first-order valence-electron chi connectivity index (χ1n) is 2.91. The number of nitro groups is 1. The molecular weight excluding hydrogens is 250 g/mol. The molecule has 13 heavy (non-hydrogen) atoms. The predicted octanol–water partition coefficient (Wildman–Crippen LogP) is -0.300. The number of esters is 2. The molecule has 0 fully saturated rings. The lowest BCUT2D eigenvalue weighted by Crippen LogP contribution is -2.49. The Morgan fingerprint density at radius 3 is 1.77 bits per heavy atom. The zero-order valence-corrected chi connectivity index (χ0v) is 8.36. The van der Waals surface area contributed by atoms with E-state index in [9.17, 15) is 19.7 Å². The van der Waals surface area contributed by atoms with Gasteiger partial charge in [0.05, 0.1) is 19.1 Å². The number of methoxy groups -OCH3 is 2. The standard InChI is InChI=1S/C5H6BrNO6/c1-12-3(8)5(6,7(10)11)4(9)13-2/h1-2H3. The second-order valence-corrected chi connectivity index (χ2v) is 3.01. The number of carbonyl (C=O) groups is 2. The van der Waals surface area contributed by atoms with Crippen molar-refractivity contribution in [2.24, 2.45) is 0 Å². The van der Waals surface area contributed by atoms with E-state index in [0.29, 0.717) is 0 Å². The van der Waals surface area contributed by atoms with E-state index in [1.807, 2.05) is 0 Å². The van der Waals surface area contributed by atoms with Gasteiger partial charge in [-0.25, -0.2) is 9.59 Å². The smallest absolute Gasteiger partial charge is 0.462 e. The Hall–Kier alpha value is -1.18. The molecule has 0 aromatic carbocycles. The van der Waals surface area contributed by atoms with Crippen LogP contribution in [-0.2, 0) is 19.1 Å². The summed E-state index contributed by atoms with van der Waals surface area (Å²) in [7, 11) is 1.84. The zero-order chi connectivity index (χ0) is 10.6. The van der Waals surface area contributed by atoms with Gasteiger partial charge in [0.15, 0.2) is 0 Å². The summed E-state index contributed by atoms with van der Waals surface area (Å²) in [6.07, 6.45) is 0. The van der Waals surface area contributed by atoms with Gasteiger partial charge in [0.25, 0.3) is 0 Å². The van der Waals surface area contributed by atoms with Crippen molar-refractivity contribution >= 4 is 27.9 Å². The summed E-state index contributed by atoms with van der Waals surface area (Å²) in [5.74, 6) is -2.69. The van der Waals surface area contributed by atoms with Crippen LogP contribution in [-0.4, -0.2) is 35.5 Å². The van der Waals surface area contributed by atoms with Crippen LogP contribution in [0.25, 0.3) is 0 Å². The third-order valence-corrected chi connectivity index (χ3v) is 2.10. The van der Waals surface area contributed by atoms with Crippen LogP contribution in [0.3, 0.4) is 0 Å². The number of carbonyl (C=O) groups excluding carboxylic acids is 2. The van der Waals surface area contributed by atoms with E-state index in [1.165, 1.54) is 0 Å². The summed E-state index contributed by atoms with van der Waals surface area (Å²) in [5, 5.41) is 10.4. The fourth-order valence-corrected chi connectivity index (χ4v) is 0.827. The van der Waals surface area contributed by atoms with Crippen molar-refractivity contribution in [1.29, 1.82) is 0 Å². The van der Waals surface area contributed by atoms with E-state index in [4.69, 9.17) is 0 Å². The van der Waals surface area contributed by atoms with Crippen LogP contribution < -0.4 is 0 Å². The van der Waals surface area contributed by atoms with Crippen LogP contribution in [0.1, 0.15) is 0 Å². The first-order chi connectivity index (χ1) is 5.91. The molecule has 0 rings (SSSR count). The number of hydrogen-bond donors (Lipinski definition) is 0. The lowest BCUT2D eigenvalue weighted by molar-refractivity contribution is -0.510. The highest BCUT2D eigenvalue weighted by molar-refractivity contribution is 9.10. The molecule has 0 aromatic rings. The predicted molar refractivity (Wildman–Crippen MR) is 42.7 cm³/mol. The molecule has 0 amide bonds. The quantitative estimate of drug-likeness (QED) is 0.172. The number of hydrogen-bond acceptors (Lipinski definition) is 6. The van der Waals surface area contributed by atoms with E-state index < -0.39 is 21.3 Å². The molecule has 0 aromatic heterocycles. The molecule has 0 saturated carbocycles. The van der Waals surface area contributed by atoms with Crippen LogP contribution in [0.5, 0.6) is 0 Å². The van der Waals surface area contributed by atoms with Crippen molar-refractivity contribution in [3.63, 3.8) is 0 Å². The highest BCUT2D eigenvalue weighted by Gasteiger charge is 2.59. The molecule has 0 atom stereocenters. The van der Waals surface area contributed by atoms with Gasteiger partial charge in [-0.05, 0) is 0 Å². The molecule has 0 aliphatic carbocycles. The summed E-state index contributed by atoms with van der Waals surface area (Å²) in [6.45, 7) is 0. The first kappa shape index (κ1) is 11.8. The number of ether oxygens (including phenoxy) is 2. The highest BCUT2D eigenvalue weighted by atomic mass is 79.9. The Morgan fingerprint density at radius 1 is 1.31 bits per heavy atom. The molecule has 0 aliphatic heterocycles. The van der Waals surface area contributed by atoms with Crippen molar-refractivity contribution < 1.29 is 24.0 Å². The monoisotopic (exact) mass is 255 g/mol.